The fourth-order valence-electron chi connectivity index (χ4n) is 0.948. The maximum Gasteiger partial charge on any atom is 0.164 e. The Balaban J connectivity index is 2.80. The normalized spacial score (nSPS) is 39.4. The first-order chi connectivity index (χ1) is 4.54. The van der Waals surface area contributed by atoms with Crippen LogP contribution in [0.2, 0.25) is 0 Å². The van der Waals surface area contributed by atoms with E-state index in [9.17, 15) is 8.42 Å². The van der Waals surface area contributed by atoms with Crippen LogP contribution >= 0.6 is 31.9 Å². The highest BCUT2D eigenvalue weighted by Crippen LogP contribution is 2.29. The van der Waals surface area contributed by atoms with Crippen LogP contribution in [0.25, 0.3) is 0 Å². The van der Waals surface area contributed by atoms with Gasteiger partial charge in [0, 0.05) is 4.83 Å². The van der Waals surface area contributed by atoms with E-state index in [1.54, 1.807) is 0 Å². The van der Waals surface area contributed by atoms with Crippen molar-refractivity contribution in [2.75, 3.05) is 5.75 Å². The predicted octanol–water partition coefficient (Wildman–Crippen LogP) is 1.68. The Kier molecular flexibility index (Phi) is 2.80. The summed E-state index contributed by atoms with van der Waals surface area (Å²) in [7, 11) is -2.84. The molecule has 1 heterocycles. The van der Waals surface area contributed by atoms with Crippen molar-refractivity contribution in [3.05, 3.63) is 0 Å². The molecule has 5 heteroatoms. The first-order valence-electron chi connectivity index (χ1n) is 3.04. The van der Waals surface area contributed by atoms with Gasteiger partial charge < -0.3 is 0 Å². The third-order valence-corrected chi connectivity index (χ3v) is 7.80. The van der Waals surface area contributed by atoms with Gasteiger partial charge in [0.15, 0.2) is 9.84 Å². The molecule has 1 saturated heterocycles. The van der Waals surface area contributed by atoms with Gasteiger partial charge in [-0.25, -0.2) is 8.42 Å². The first kappa shape index (κ1) is 9.00. The molecule has 0 amide bonds. The van der Waals surface area contributed by atoms with Gasteiger partial charge in [-0.2, -0.15) is 0 Å². The predicted molar refractivity (Wildman–Crippen MR) is 48.5 cm³/mol. The molecule has 0 aromatic carbocycles. The van der Waals surface area contributed by atoms with Crippen LogP contribution in [0, 0.1) is 0 Å². The lowest BCUT2D eigenvalue weighted by Crippen LogP contribution is -2.31. The highest BCUT2D eigenvalue weighted by molar-refractivity contribution is 9.13. The summed E-state index contributed by atoms with van der Waals surface area (Å²) >= 11 is 6.44. The lowest BCUT2D eigenvalue weighted by molar-refractivity contribution is 0.574. The Bertz CT molecular complexity index is 212. The second-order valence-electron chi connectivity index (χ2n) is 2.38. The molecular weight excluding hydrogens is 284 g/mol. The van der Waals surface area contributed by atoms with E-state index in [0.29, 0.717) is 5.75 Å². The molecule has 0 saturated carbocycles. The lowest BCUT2D eigenvalue weighted by atomic mass is 10.3. The third-order valence-electron chi connectivity index (χ3n) is 1.54. The van der Waals surface area contributed by atoms with Gasteiger partial charge in [0.05, 0.1) is 5.75 Å². The Morgan fingerprint density at radius 3 is 2.30 bits per heavy atom. The van der Waals surface area contributed by atoms with E-state index in [-0.39, 0.29) is 8.99 Å². The fraction of sp³-hybridized carbons (Fsp3) is 1.00. The van der Waals surface area contributed by atoms with Crippen molar-refractivity contribution >= 4 is 41.7 Å². The number of alkyl halides is 2. The van der Waals surface area contributed by atoms with Crippen LogP contribution in [-0.4, -0.2) is 23.2 Å². The van der Waals surface area contributed by atoms with Gasteiger partial charge in [-0.15, -0.1) is 0 Å². The molecule has 60 valence electrons. The molecule has 0 bridgehead atoms. The zero-order valence-electron chi connectivity index (χ0n) is 5.26. The van der Waals surface area contributed by atoms with Gasteiger partial charge in [0.2, 0.25) is 0 Å². The van der Waals surface area contributed by atoms with E-state index < -0.39 is 9.84 Å². The third kappa shape index (κ3) is 1.74. The number of hydrogen-bond donors (Lipinski definition) is 0. The molecule has 1 rings (SSSR count). The maximum absolute atomic E-state index is 11.1. The van der Waals surface area contributed by atoms with Crippen molar-refractivity contribution in [1.29, 1.82) is 0 Å². The Hall–Kier alpha value is 0.910. The number of sulfone groups is 1. The summed E-state index contributed by atoms with van der Waals surface area (Å²) in [6.07, 6.45) is 1.72. The van der Waals surface area contributed by atoms with E-state index in [1.165, 1.54) is 0 Å². The van der Waals surface area contributed by atoms with Gasteiger partial charge in [-0.3, -0.25) is 0 Å². The lowest BCUT2D eigenvalue weighted by Gasteiger charge is -2.22. The van der Waals surface area contributed by atoms with Crippen molar-refractivity contribution < 1.29 is 8.42 Å². The molecule has 1 fully saturated rings. The van der Waals surface area contributed by atoms with Crippen LogP contribution in [-0.2, 0) is 9.84 Å². The summed E-state index contributed by atoms with van der Waals surface area (Å²) in [4.78, 5) is 0.0891. The quantitative estimate of drug-likeness (QED) is 0.637. The molecule has 1 aliphatic rings. The monoisotopic (exact) mass is 290 g/mol. The molecule has 0 N–H and O–H groups in total. The van der Waals surface area contributed by atoms with E-state index in [0.717, 1.165) is 12.8 Å². The largest absolute Gasteiger partial charge is 0.228 e. The molecule has 2 atom stereocenters. The van der Waals surface area contributed by atoms with Gasteiger partial charge >= 0.3 is 0 Å². The van der Waals surface area contributed by atoms with Crippen molar-refractivity contribution in [2.24, 2.45) is 0 Å². The SMILES string of the molecule is O=S1(=O)CCC[C@H](Br)[C@H]1Br. The Labute approximate surface area is 77.6 Å². The average molecular weight is 292 g/mol. The second kappa shape index (κ2) is 3.11. The molecule has 10 heavy (non-hydrogen) atoms. The average Bonchev–Trinajstić information content (AvgIpc) is 1.83. The van der Waals surface area contributed by atoms with Crippen LogP contribution in [0.1, 0.15) is 12.8 Å². The smallest absolute Gasteiger partial charge is 0.164 e. The Morgan fingerprint density at radius 1 is 1.30 bits per heavy atom. The van der Waals surface area contributed by atoms with Crippen LogP contribution in [0.5, 0.6) is 0 Å². The van der Waals surface area contributed by atoms with Crippen LogP contribution < -0.4 is 0 Å². The maximum atomic E-state index is 11.1. The summed E-state index contributed by atoms with van der Waals surface area (Å²) in [5, 5.41) is 0. The Morgan fingerprint density at radius 2 is 1.90 bits per heavy atom. The molecule has 0 aromatic rings. The van der Waals surface area contributed by atoms with Gasteiger partial charge in [0.1, 0.15) is 4.16 Å². The number of rotatable bonds is 0. The van der Waals surface area contributed by atoms with Crippen molar-refractivity contribution in [3.8, 4) is 0 Å². The van der Waals surface area contributed by atoms with E-state index >= 15 is 0 Å². The zero-order chi connectivity index (χ0) is 7.78. The van der Waals surface area contributed by atoms with Crippen LogP contribution in [0.3, 0.4) is 0 Å². The molecular formula is C5H8Br2O2S. The van der Waals surface area contributed by atoms with Crippen molar-refractivity contribution in [2.45, 2.75) is 21.8 Å². The summed E-state index contributed by atoms with van der Waals surface area (Å²) in [5.74, 6) is 0.324. The standard InChI is InChI=1S/C5H8Br2O2S/c6-4-2-1-3-10(8,9)5(4)7/h4-5H,1-3H2/t4-,5-/m0/s1. The molecule has 0 aliphatic carbocycles. The minimum atomic E-state index is -2.84. The summed E-state index contributed by atoms with van der Waals surface area (Å²) in [5.41, 5.74) is 0. The molecule has 1 aliphatic heterocycles. The van der Waals surface area contributed by atoms with Crippen molar-refractivity contribution in [1.82, 2.24) is 0 Å². The van der Waals surface area contributed by atoms with Gasteiger partial charge in [-0.05, 0) is 12.8 Å². The summed E-state index contributed by atoms with van der Waals surface area (Å²) in [6, 6.07) is 0. The molecule has 0 radical (unpaired) electrons. The number of hydrogen-bond acceptors (Lipinski definition) is 2. The summed E-state index contributed by atoms with van der Waals surface area (Å²) in [6.45, 7) is 0. The minimum absolute atomic E-state index is 0.0891. The molecule has 0 aromatic heterocycles. The molecule has 2 nitrogen and oxygen atoms in total. The minimum Gasteiger partial charge on any atom is -0.228 e. The second-order valence-corrected chi connectivity index (χ2v) is 7.39. The van der Waals surface area contributed by atoms with Crippen LogP contribution in [0.15, 0.2) is 0 Å². The highest BCUT2D eigenvalue weighted by Gasteiger charge is 2.33. The molecule has 0 spiro atoms. The first-order valence-corrected chi connectivity index (χ1v) is 6.58. The van der Waals surface area contributed by atoms with E-state index in [4.69, 9.17) is 0 Å². The van der Waals surface area contributed by atoms with E-state index in [2.05, 4.69) is 31.9 Å². The zero-order valence-corrected chi connectivity index (χ0v) is 9.25. The molecule has 0 unspecified atom stereocenters. The van der Waals surface area contributed by atoms with Gasteiger partial charge in [0.25, 0.3) is 0 Å². The summed E-state index contributed by atoms with van der Waals surface area (Å²) < 4.78 is 21.8. The fourth-order valence-corrected chi connectivity index (χ4v) is 4.46. The number of halogens is 2. The topological polar surface area (TPSA) is 34.1 Å². The highest BCUT2D eigenvalue weighted by atomic mass is 79.9. The van der Waals surface area contributed by atoms with Crippen LogP contribution in [0.4, 0.5) is 0 Å². The van der Waals surface area contributed by atoms with Crippen molar-refractivity contribution in [3.63, 3.8) is 0 Å². The van der Waals surface area contributed by atoms with E-state index in [1.807, 2.05) is 0 Å². The van der Waals surface area contributed by atoms with Gasteiger partial charge in [-0.1, -0.05) is 31.9 Å².